The number of aryl methyl sites for hydroxylation is 1. The third kappa shape index (κ3) is 3.49. The highest BCUT2D eigenvalue weighted by Gasteiger charge is 2.15. The molecule has 0 saturated heterocycles. The number of aliphatic hydroxyl groups excluding tert-OH is 1. The summed E-state index contributed by atoms with van der Waals surface area (Å²) in [6, 6.07) is 10.7. The maximum Gasteiger partial charge on any atom is 0.273 e. The van der Waals surface area contributed by atoms with Crippen LogP contribution in [-0.4, -0.2) is 17.2 Å². The number of hydrogen-bond donors (Lipinski definition) is 2. The first-order chi connectivity index (χ1) is 9.18. The minimum absolute atomic E-state index is 0.544. The van der Waals surface area contributed by atoms with Crippen molar-refractivity contribution in [2.75, 3.05) is 0 Å². The molecule has 4 nitrogen and oxygen atoms in total. The van der Waals surface area contributed by atoms with Crippen LogP contribution >= 0.6 is 11.3 Å². The fourth-order valence-corrected chi connectivity index (χ4v) is 2.31. The number of carbonyl (C=O) groups excluding carboxylic acids is 1. The van der Waals surface area contributed by atoms with E-state index in [4.69, 9.17) is 0 Å². The van der Waals surface area contributed by atoms with Crippen LogP contribution in [0.15, 0.2) is 46.9 Å². The van der Waals surface area contributed by atoms with Gasteiger partial charge in [-0.05, 0) is 29.5 Å². The van der Waals surface area contributed by atoms with Gasteiger partial charge in [-0.2, -0.15) is 5.10 Å². The molecule has 1 aromatic carbocycles. The predicted octanol–water partition coefficient (Wildman–Crippen LogP) is 2.24. The van der Waals surface area contributed by atoms with Crippen LogP contribution in [0.3, 0.4) is 0 Å². The van der Waals surface area contributed by atoms with E-state index >= 15 is 0 Å². The zero-order valence-electron chi connectivity index (χ0n) is 10.4. The van der Waals surface area contributed by atoms with E-state index in [1.807, 2.05) is 24.4 Å². The first-order valence-electron chi connectivity index (χ1n) is 5.78. The Kier molecular flexibility index (Phi) is 4.43. The molecule has 1 atom stereocenters. The molecular weight excluding hydrogens is 260 g/mol. The van der Waals surface area contributed by atoms with E-state index in [2.05, 4.69) is 10.5 Å². The summed E-state index contributed by atoms with van der Waals surface area (Å²) in [6.07, 6.45) is 0.373. The molecule has 0 aliphatic carbocycles. The number of benzene rings is 1. The van der Waals surface area contributed by atoms with Crippen LogP contribution in [0, 0.1) is 6.92 Å². The fraction of sp³-hybridized carbons (Fsp3) is 0.143. The molecule has 0 aliphatic rings. The lowest BCUT2D eigenvalue weighted by molar-refractivity contribution is -0.129. The van der Waals surface area contributed by atoms with Crippen LogP contribution in [-0.2, 0) is 4.79 Å². The summed E-state index contributed by atoms with van der Waals surface area (Å²) in [7, 11) is 0. The molecule has 2 N–H and O–H groups in total. The molecule has 1 heterocycles. The summed E-state index contributed by atoms with van der Waals surface area (Å²) in [5.74, 6) is -0.545. The number of rotatable bonds is 4. The second kappa shape index (κ2) is 6.26. The Labute approximate surface area is 115 Å². The third-order valence-electron chi connectivity index (χ3n) is 2.62. The third-order valence-corrected chi connectivity index (χ3v) is 3.58. The van der Waals surface area contributed by atoms with Gasteiger partial charge in [0.1, 0.15) is 0 Å². The van der Waals surface area contributed by atoms with Crippen molar-refractivity contribution in [1.29, 1.82) is 0 Å². The monoisotopic (exact) mass is 274 g/mol. The molecule has 1 unspecified atom stereocenters. The van der Waals surface area contributed by atoms with Crippen molar-refractivity contribution < 1.29 is 9.90 Å². The van der Waals surface area contributed by atoms with Gasteiger partial charge < -0.3 is 5.11 Å². The summed E-state index contributed by atoms with van der Waals surface area (Å²) in [4.78, 5) is 12.7. The molecule has 1 aromatic heterocycles. The van der Waals surface area contributed by atoms with Crippen LogP contribution in [0.1, 0.15) is 22.1 Å². The number of amides is 1. The van der Waals surface area contributed by atoms with Crippen LogP contribution in [0.25, 0.3) is 0 Å². The maximum absolute atomic E-state index is 11.7. The van der Waals surface area contributed by atoms with Crippen LogP contribution < -0.4 is 5.43 Å². The van der Waals surface area contributed by atoms with E-state index in [1.54, 1.807) is 41.8 Å². The predicted molar refractivity (Wildman–Crippen MR) is 76.2 cm³/mol. The van der Waals surface area contributed by atoms with Gasteiger partial charge in [-0.3, -0.25) is 4.79 Å². The van der Waals surface area contributed by atoms with E-state index in [0.717, 1.165) is 10.4 Å². The second-order valence-electron chi connectivity index (χ2n) is 4.02. The van der Waals surface area contributed by atoms with Gasteiger partial charge in [0, 0.05) is 4.88 Å². The van der Waals surface area contributed by atoms with Crippen molar-refractivity contribution in [2.24, 2.45) is 5.10 Å². The highest BCUT2D eigenvalue weighted by molar-refractivity contribution is 7.11. The number of hydrogen-bond acceptors (Lipinski definition) is 4. The smallest absolute Gasteiger partial charge is 0.273 e. The van der Waals surface area contributed by atoms with Gasteiger partial charge in [0.15, 0.2) is 6.10 Å². The lowest BCUT2D eigenvalue weighted by atomic mass is 10.1. The molecule has 5 heteroatoms. The normalized spacial score (nSPS) is 12.5. The minimum atomic E-state index is -1.21. The zero-order chi connectivity index (χ0) is 13.7. The maximum atomic E-state index is 11.7. The Bertz CT molecular complexity index is 578. The average molecular weight is 274 g/mol. The minimum Gasteiger partial charge on any atom is -0.378 e. The summed E-state index contributed by atoms with van der Waals surface area (Å²) < 4.78 is 0. The highest BCUT2D eigenvalue weighted by atomic mass is 32.1. The molecule has 0 bridgehead atoms. The molecule has 19 heavy (non-hydrogen) atoms. The molecule has 0 radical (unpaired) electrons. The Hall–Kier alpha value is -1.98. The molecule has 0 saturated carbocycles. The first-order valence-corrected chi connectivity index (χ1v) is 6.66. The van der Waals surface area contributed by atoms with Gasteiger partial charge in [0.25, 0.3) is 5.91 Å². The average Bonchev–Trinajstić information content (AvgIpc) is 2.84. The molecule has 0 aliphatic heterocycles. The van der Waals surface area contributed by atoms with Gasteiger partial charge in [0.05, 0.1) is 6.21 Å². The number of aliphatic hydroxyl groups is 1. The van der Waals surface area contributed by atoms with Crippen molar-refractivity contribution in [1.82, 2.24) is 5.43 Å². The van der Waals surface area contributed by atoms with Crippen LogP contribution in [0.4, 0.5) is 0 Å². The summed E-state index contributed by atoms with van der Waals surface area (Å²) in [5.41, 5.74) is 3.98. The van der Waals surface area contributed by atoms with Gasteiger partial charge in [0.2, 0.25) is 0 Å². The van der Waals surface area contributed by atoms with Crippen LogP contribution in [0.2, 0.25) is 0 Å². The molecule has 1 amide bonds. The Morgan fingerprint density at radius 3 is 2.74 bits per heavy atom. The van der Waals surface area contributed by atoms with E-state index in [1.165, 1.54) is 0 Å². The molecule has 98 valence electrons. The lowest BCUT2D eigenvalue weighted by Gasteiger charge is -2.08. The zero-order valence-corrected chi connectivity index (χ0v) is 11.2. The number of carbonyl (C=O) groups is 1. The summed E-state index contributed by atoms with van der Waals surface area (Å²) in [6.45, 7) is 1.97. The van der Waals surface area contributed by atoms with Crippen molar-refractivity contribution in [2.45, 2.75) is 13.0 Å². The molecule has 2 aromatic rings. The Morgan fingerprint density at radius 1 is 1.37 bits per heavy atom. The lowest BCUT2D eigenvalue weighted by Crippen LogP contribution is -2.25. The van der Waals surface area contributed by atoms with Crippen molar-refractivity contribution in [3.8, 4) is 0 Å². The van der Waals surface area contributed by atoms with Crippen LogP contribution in [0.5, 0.6) is 0 Å². The SMILES string of the molecule is Cc1ccsc1/C=N/NC(=O)C(O)c1ccccc1. The number of thiophene rings is 1. The first kappa shape index (κ1) is 13.5. The second-order valence-corrected chi connectivity index (χ2v) is 4.96. The van der Waals surface area contributed by atoms with E-state index < -0.39 is 12.0 Å². The number of hydrazone groups is 1. The molecule has 0 fully saturated rings. The molecule has 2 rings (SSSR count). The summed E-state index contributed by atoms with van der Waals surface area (Å²) in [5, 5.41) is 15.6. The van der Waals surface area contributed by atoms with E-state index in [0.29, 0.717) is 5.56 Å². The van der Waals surface area contributed by atoms with Gasteiger partial charge in [-0.15, -0.1) is 11.3 Å². The van der Waals surface area contributed by atoms with Gasteiger partial charge in [-0.25, -0.2) is 5.43 Å². The summed E-state index contributed by atoms with van der Waals surface area (Å²) >= 11 is 1.54. The van der Waals surface area contributed by atoms with E-state index in [-0.39, 0.29) is 0 Å². The fourth-order valence-electron chi connectivity index (χ4n) is 1.52. The Morgan fingerprint density at radius 2 is 2.11 bits per heavy atom. The van der Waals surface area contributed by atoms with Crippen molar-refractivity contribution in [3.63, 3.8) is 0 Å². The topological polar surface area (TPSA) is 61.7 Å². The van der Waals surface area contributed by atoms with Gasteiger partial charge in [-0.1, -0.05) is 30.3 Å². The Balaban J connectivity index is 1.95. The van der Waals surface area contributed by atoms with Crippen molar-refractivity contribution >= 4 is 23.5 Å². The quantitative estimate of drug-likeness (QED) is 0.663. The molecular formula is C14H14N2O2S. The number of nitrogens with one attached hydrogen (secondary N) is 1. The standard InChI is InChI=1S/C14H14N2O2S/c1-10-7-8-19-12(10)9-15-16-14(18)13(17)11-5-3-2-4-6-11/h2-9,13,17H,1H3,(H,16,18)/b15-9+. The van der Waals surface area contributed by atoms with Gasteiger partial charge >= 0.3 is 0 Å². The van der Waals surface area contributed by atoms with Crippen molar-refractivity contribution in [3.05, 3.63) is 57.8 Å². The largest absolute Gasteiger partial charge is 0.378 e. The van der Waals surface area contributed by atoms with E-state index in [9.17, 15) is 9.90 Å². The molecule has 0 spiro atoms. The number of nitrogens with zero attached hydrogens (tertiary/aromatic N) is 1. The highest BCUT2D eigenvalue weighted by Crippen LogP contribution is 2.13.